The van der Waals surface area contributed by atoms with Gasteiger partial charge in [-0.2, -0.15) is 0 Å². The molecule has 1 aliphatic heterocycles. The van der Waals surface area contributed by atoms with Crippen LogP contribution in [0.2, 0.25) is 0 Å². The molecule has 0 bridgehead atoms. The van der Waals surface area contributed by atoms with E-state index < -0.39 is 12.0 Å². The first-order valence-electron chi connectivity index (χ1n) is 6.78. The van der Waals surface area contributed by atoms with Crippen LogP contribution in [0.25, 0.3) is 0 Å². The van der Waals surface area contributed by atoms with Crippen molar-refractivity contribution in [2.24, 2.45) is 0 Å². The van der Waals surface area contributed by atoms with E-state index in [4.69, 9.17) is 5.11 Å². The number of nitrogens with zero attached hydrogens (tertiary/aromatic N) is 1. The highest BCUT2D eigenvalue weighted by atomic mass is 16.4. The Morgan fingerprint density at radius 3 is 2.57 bits per heavy atom. The van der Waals surface area contributed by atoms with Crippen LogP contribution in [0.15, 0.2) is 18.2 Å². The molecule has 0 radical (unpaired) electrons. The van der Waals surface area contributed by atoms with Crippen molar-refractivity contribution >= 4 is 17.7 Å². The number of piperidine rings is 1. The lowest BCUT2D eigenvalue weighted by Gasteiger charge is -2.29. The topological polar surface area (TPSA) is 102 Å². The van der Waals surface area contributed by atoms with Gasteiger partial charge in [-0.25, -0.2) is 9.59 Å². The zero-order valence-corrected chi connectivity index (χ0v) is 11.8. The molecule has 0 atom stereocenters. The average Bonchev–Trinajstić information content (AvgIpc) is 2.43. The van der Waals surface area contributed by atoms with Crippen LogP contribution in [-0.4, -0.2) is 53.3 Å². The Kier molecular flexibility index (Phi) is 4.64. The number of benzene rings is 1. The molecule has 0 spiro atoms. The van der Waals surface area contributed by atoms with Crippen molar-refractivity contribution in [1.29, 1.82) is 0 Å². The Bertz CT molecular complexity index is 539. The van der Waals surface area contributed by atoms with Gasteiger partial charge in [0.2, 0.25) is 0 Å². The van der Waals surface area contributed by atoms with E-state index in [1.807, 2.05) is 7.05 Å². The molecule has 2 amide bonds. The van der Waals surface area contributed by atoms with Gasteiger partial charge in [-0.3, -0.25) is 0 Å². The van der Waals surface area contributed by atoms with Gasteiger partial charge < -0.3 is 25.7 Å². The number of aromatic hydroxyl groups is 1. The molecule has 1 heterocycles. The number of rotatable bonds is 3. The monoisotopic (exact) mass is 293 g/mol. The summed E-state index contributed by atoms with van der Waals surface area (Å²) >= 11 is 0. The van der Waals surface area contributed by atoms with Gasteiger partial charge in [0.25, 0.3) is 0 Å². The summed E-state index contributed by atoms with van der Waals surface area (Å²) in [5.41, 5.74) is 0.0132. The van der Waals surface area contributed by atoms with Crippen molar-refractivity contribution in [2.75, 3.05) is 25.5 Å². The third-order valence-corrected chi connectivity index (χ3v) is 3.54. The van der Waals surface area contributed by atoms with Crippen LogP contribution in [0.5, 0.6) is 5.75 Å². The number of carbonyl (C=O) groups is 2. The number of phenolic OH excluding ortho intramolecular Hbond substituents is 1. The molecule has 7 nitrogen and oxygen atoms in total. The Labute approximate surface area is 122 Å². The van der Waals surface area contributed by atoms with Crippen LogP contribution in [0.1, 0.15) is 23.2 Å². The number of carbonyl (C=O) groups excluding carboxylic acids is 1. The summed E-state index contributed by atoms with van der Waals surface area (Å²) < 4.78 is 0. The van der Waals surface area contributed by atoms with E-state index in [-0.39, 0.29) is 23.0 Å². The summed E-state index contributed by atoms with van der Waals surface area (Å²) in [6.07, 6.45) is 1.73. The zero-order valence-electron chi connectivity index (χ0n) is 11.8. The Balaban J connectivity index is 1.98. The van der Waals surface area contributed by atoms with Crippen LogP contribution in [0, 0.1) is 0 Å². The standard InChI is InChI=1S/C14H19N3O4/c1-17-6-4-9(5-7-17)15-14(21)16-12-3-2-10(18)8-11(12)13(19)20/h2-3,8-9,18H,4-7H2,1H3,(H,19,20)(H2,15,16,21). The summed E-state index contributed by atoms with van der Waals surface area (Å²) in [6, 6.07) is 3.46. The molecular formula is C14H19N3O4. The largest absolute Gasteiger partial charge is 0.508 e. The summed E-state index contributed by atoms with van der Waals surface area (Å²) in [5.74, 6) is -1.37. The maximum absolute atomic E-state index is 11.9. The minimum Gasteiger partial charge on any atom is -0.508 e. The lowest BCUT2D eigenvalue weighted by molar-refractivity contribution is 0.0697. The fourth-order valence-corrected chi connectivity index (χ4v) is 2.31. The minimum absolute atomic E-state index is 0.0894. The van der Waals surface area contributed by atoms with Gasteiger partial charge in [0.1, 0.15) is 5.75 Å². The molecule has 1 fully saturated rings. The van der Waals surface area contributed by atoms with Gasteiger partial charge in [0.05, 0.1) is 11.3 Å². The molecular weight excluding hydrogens is 274 g/mol. The number of hydrogen-bond donors (Lipinski definition) is 4. The number of amides is 2. The SMILES string of the molecule is CN1CCC(NC(=O)Nc2ccc(O)cc2C(=O)O)CC1. The molecule has 21 heavy (non-hydrogen) atoms. The molecule has 0 saturated carbocycles. The normalized spacial score (nSPS) is 16.4. The summed E-state index contributed by atoms with van der Waals surface area (Å²) in [4.78, 5) is 25.2. The lowest BCUT2D eigenvalue weighted by atomic mass is 10.1. The number of phenols is 1. The fraction of sp³-hybridized carbons (Fsp3) is 0.429. The molecule has 114 valence electrons. The number of carboxylic acid groups (broad SMARTS) is 1. The predicted molar refractivity (Wildman–Crippen MR) is 77.7 cm³/mol. The van der Waals surface area contributed by atoms with Crippen LogP contribution in [0.4, 0.5) is 10.5 Å². The van der Waals surface area contributed by atoms with Gasteiger partial charge in [0.15, 0.2) is 0 Å². The van der Waals surface area contributed by atoms with Crippen LogP contribution < -0.4 is 10.6 Å². The zero-order chi connectivity index (χ0) is 15.4. The Morgan fingerprint density at radius 2 is 1.95 bits per heavy atom. The second-order valence-electron chi connectivity index (χ2n) is 5.21. The predicted octanol–water partition coefficient (Wildman–Crippen LogP) is 1.31. The molecule has 0 aromatic heterocycles. The van der Waals surface area contributed by atoms with Crippen molar-refractivity contribution in [1.82, 2.24) is 10.2 Å². The first-order valence-corrected chi connectivity index (χ1v) is 6.78. The van der Waals surface area contributed by atoms with Crippen LogP contribution in [-0.2, 0) is 0 Å². The highest BCUT2D eigenvalue weighted by molar-refractivity contribution is 6.00. The Hall–Kier alpha value is -2.28. The number of hydrogen-bond acceptors (Lipinski definition) is 4. The summed E-state index contributed by atoms with van der Waals surface area (Å²) in [7, 11) is 2.03. The fourth-order valence-electron chi connectivity index (χ4n) is 2.31. The number of likely N-dealkylation sites (tertiary alicyclic amines) is 1. The van der Waals surface area contributed by atoms with E-state index in [1.165, 1.54) is 12.1 Å². The van der Waals surface area contributed by atoms with Gasteiger partial charge >= 0.3 is 12.0 Å². The lowest BCUT2D eigenvalue weighted by Crippen LogP contribution is -2.45. The summed E-state index contributed by atoms with van der Waals surface area (Å²) in [5, 5.41) is 23.7. The first-order chi connectivity index (χ1) is 9.95. The van der Waals surface area contributed by atoms with Crippen LogP contribution >= 0.6 is 0 Å². The third kappa shape index (κ3) is 4.09. The Morgan fingerprint density at radius 1 is 1.29 bits per heavy atom. The van der Waals surface area contributed by atoms with E-state index >= 15 is 0 Å². The highest BCUT2D eigenvalue weighted by Gasteiger charge is 2.19. The van der Waals surface area contributed by atoms with Crippen molar-refractivity contribution < 1.29 is 19.8 Å². The van der Waals surface area contributed by atoms with Crippen LogP contribution in [0.3, 0.4) is 0 Å². The highest BCUT2D eigenvalue weighted by Crippen LogP contribution is 2.21. The third-order valence-electron chi connectivity index (χ3n) is 3.54. The second-order valence-corrected chi connectivity index (χ2v) is 5.21. The first kappa shape index (κ1) is 15.1. The van der Waals surface area contributed by atoms with Crippen molar-refractivity contribution in [2.45, 2.75) is 18.9 Å². The smallest absolute Gasteiger partial charge is 0.337 e. The quantitative estimate of drug-likeness (QED) is 0.629. The van der Waals surface area contributed by atoms with Gasteiger partial charge in [0, 0.05) is 6.04 Å². The molecule has 7 heteroatoms. The molecule has 1 aromatic rings. The van der Waals surface area contributed by atoms with Gasteiger partial charge in [-0.1, -0.05) is 0 Å². The summed E-state index contributed by atoms with van der Waals surface area (Å²) in [6.45, 7) is 1.84. The molecule has 1 saturated heterocycles. The van der Waals surface area contributed by atoms with Gasteiger partial charge in [-0.15, -0.1) is 0 Å². The average molecular weight is 293 g/mol. The number of carboxylic acids is 1. The molecule has 0 unspecified atom stereocenters. The van der Waals surface area contributed by atoms with Crippen molar-refractivity contribution in [3.63, 3.8) is 0 Å². The van der Waals surface area contributed by atoms with E-state index in [1.54, 1.807) is 0 Å². The molecule has 4 N–H and O–H groups in total. The molecule has 2 rings (SSSR count). The van der Waals surface area contributed by atoms with E-state index in [0.29, 0.717) is 0 Å². The number of anilines is 1. The van der Waals surface area contributed by atoms with E-state index in [9.17, 15) is 14.7 Å². The molecule has 1 aromatic carbocycles. The minimum atomic E-state index is -1.21. The number of urea groups is 1. The maximum Gasteiger partial charge on any atom is 0.337 e. The van der Waals surface area contributed by atoms with Gasteiger partial charge in [-0.05, 0) is 51.2 Å². The molecule has 1 aliphatic rings. The molecule has 0 aliphatic carbocycles. The number of aromatic carboxylic acids is 1. The maximum atomic E-state index is 11.9. The van der Waals surface area contributed by atoms with Crippen molar-refractivity contribution in [3.05, 3.63) is 23.8 Å². The van der Waals surface area contributed by atoms with E-state index in [2.05, 4.69) is 15.5 Å². The van der Waals surface area contributed by atoms with E-state index in [0.717, 1.165) is 32.0 Å². The second kappa shape index (κ2) is 6.45. The van der Waals surface area contributed by atoms with Crippen molar-refractivity contribution in [3.8, 4) is 5.75 Å². The number of nitrogens with one attached hydrogen (secondary N) is 2.